The molecule has 0 saturated carbocycles. The molecule has 5 amide bonds. The molecule has 2 aromatic rings. The maximum absolute atomic E-state index is 14.0. The lowest BCUT2D eigenvalue weighted by molar-refractivity contribution is -0.139. The van der Waals surface area contributed by atoms with Crippen molar-refractivity contribution in [1.82, 2.24) is 31.3 Å². The molecule has 58 heavy (non-hydrogen) atoms. The number of sulfonamides is 1. The Morgan fingerprint density at radius 3 is 1.72 bits per heavy atom. The van der Waals surface area contributed by atoms with Crippen molar-refractivity contribution in [1.29, 1.82) is 0 Å². The normalized spacial score (nSPS) is 14.4. The Kier molecular flexibility index (Phi) is 18.1. The van der Waals surface area contributed by atoms with E-state index in [0.29, 0.717) is 6.04 Å². The van der Waals surface area contributed by atoms with Crippen molar-refractivity contribution in [2.75, 3.05) is 18.8 Å². The molecular weight excluding hydrogens is 797 g/mol. The molecule has 5 atom stereocenters. The van der Waals surface area contributed by atoms with Gasteiger partial charge in [-0.25, -0.2) is 17.9 Å². The third-order valence-corrected chi connectivity index (χ3v) is 11.6. The van der Waals surface area contributed by atoms with E-state index in [9.17, 15) is 52.5 Å². The van der Waals surface area contributed by atoms with Crippen LogP contribution in [0.25, 0.3) is 0 Å². The molecule has 0 saturated heterocycles. The van der Waals surface area contributed by atoms with Crippen LogP contribution in [-0.2, 0) is 38.7 Å². The van der Waals surface area contributed by atoms with Gasteiger partial charge < -0.3 is 51.7 Å². The zero-order chi connectivity index (χ0) is 44.0. The van der Waals surface area contributed by atoms with Crippen molar-refractivity contribution in [2.24, 2.45) is 0 Å². The molecule has 0 fully saturated rings. The van der Waals surface area contributed by atoms with E-state index in [-0.39, 0.29) is 47.8 Å². The van der Waals surface area contributed by atoms with Gasteiger partial charge in [-0.15, -0.1) is 0 Å². The molecule has 0 aliphatic heterocycles. The summed E-state index contributed by atoms with van der Waals surface area (Å²) in [5.41, 5.74) is -0.753. The minimum absolute atomic E-state index is 0.0624. The number of benzene rings is 2. The maximum atomic E-state index is 14.0. The van der Waals surface area contributed by atoms with E-state index in [2.05, 4.69) is 31.3 Å². The number of carbonyl (C=O) groups excluding carboxylic acids is 5. The first-order valence-corrected chi connectivity index (χ1v) is 23.8. The van der Waals surface area contributed by atoms with Crippen molar-refractivity contribution >= 4 is 53.8 Å². The van der Waals surface area contributed by atoms with Gasteiger partial charge in [0, 0.05) is 14.6 Å². The summed E-state index contributed by atoms with van der Waals surface area (Å²) in [6.07, 6.45) is -2.63. The Labute approximate surface area is 338 Å². The van der Waals surface area contributed by atoms with Crippen LogP contribution in [0.2, 0.25) is 25.7 Å². The molecular formula is C37H56N6O13SSi. The second-order valence-electron chi connectivity index (χ2n) is 15.8. The number of aromatic hydroxyl groups is 2. The Morgan fingerprint density at radius 1 is 0.759 bits per heavy atom. The lowest BCUT2D eigenvalue weighted by atomic mass is 10.0. The van der Waals surface area contributed by atoms with Crippen molar-refractivity contribution in [3.63, 3.8) is 0 Å². The Balaban J connectivity index is 2.39. The number of hydrogen-bond acceptors (Lipinski definition) is 12. The topological polar surface area (TPSA) is 299 Å². The molecule has 0 radical (unpaired) electrons. The van der Waals surface area contributed by atoms with Crippen LogP contribution >= 0.6 is 0 Å². The van der Waals surface area contributed by atoms with Crippen LogP contribution in [0.15, 0.2) is 48.5 Å². The van der Waals surface area contributed by atoms with E-state index in [1.807, 2.05) is 19.6 Å². The number of amides is 5. The predicted octanol–water partition coefficient (Wildman–Crippen LogP) is 1.11. The molecule has 322 valence electrons. The highest BCUT2D eigenvalue weighted by Gasteiger charge is 2.35. The number of phenolic OH excluding ortho intramolecular Hbond substituents is 2. The van der Waals surface area contributed by atoms with Crippen LogP contribution < -0.4 is 31.3 Å². The molecule has 0 spiro atoms. The highest BCUT2D eigenvalue weighted by molar-refractivity contribution is 7.89. The third-order valence-electron chi connectivity index (χ3n) is 8.15. The number of carboxylic acid groups (broad SMARTS) is 1. The van der Waals surface area contributed by atoms with Gasteiger partial charge in [-0.1, -0.05) is 43.9 Å². The average Bonchev–Trinajstić information content (AvgIpc) is 3.10. The van der Waals surface area contributed by atoms with Gasteiger partial charge in [0.15, 0.2) is 0 Å². The number of carboxylic acids is 1. The van der Waals surface area contributed by atoms with Crippen molar-refractivity contribution in [3.05, 3.63) is 59.7 Å². The maximum Gasteiger partial charge on any atom is 0.408 e. The number of aliphatic hydroxyl groups is 1. The number of rotatable bonds is 21. The first-order valence-electron chi connectivity index (χ1n) is 18.4. The number of aliphatic hydroxyl groups excluding tert-OH is 1. The van der Waals surface area contributed by atoms with Gasteiger partial charge in [-0.3, -0.25) is 24.0 Å². The highest BCUT2D eigenvalue weighted by atomic mass is 32.2. The van der Waals surface area contributed by atoms with Gasteiger partial charge in [0.1, 0.15) is 47.8 Å². The zero-order valence-electron chi connectivity index (χ0n) is 33.6. The van der Waals surface area contributed by atoms with E-state index in [1.54, 1.807) is 20.8 Å². The second-order valence-corrected chi connectivity index (χ2v) is 23.3. The summed E-state index contributed by atoms with van der Waals surface area (Å²) >= 11 is 0. The van der Waals surface area contributed by atoms with E-state index in [0.717, 1.165) is 0 Å². The number of nitrogens with one attached hydrogen (secondary N) is 6. The third kappa shape index (κ3) is 17.9. The fourth-order valence-electron chi connectivity index (χ4n) is 5.08. The van der Waals surface area contributed by atoms with E-state index in [4.69, 9.17) is 9.84 Å². The fourth-order valence-corrected chi connectivity index (χ4v) is 9.20. The largest absolute Gasteiger partial charge is 0.508 e. The molecule has 0 aliphatic rings. The van der Waals surface area contributed by atoms with Gasteiger partial charge in [0.2, 0.25) is 33.7 Å². The summed E-state index contributed by atoms with van der Waals surface area (Å²) in [6, 6.07) is 4.27. The molecule has 10 N–H and O–H groups in total. The zero-order valence-corrected chi connectivity index (χ0v) is 35.4. The van der Waals surface area contributed by atoms with Gasteiger partial charge >= 0.3 is 12.1 Å². The average molecular weight is 853 g/mol. The van der Waals surface area contributed by atoms with Crippen LogP contribution in [-0.4, -0.2) is 115 Å². The Hall–Kier alpha value is -5.25. The summed E-state index contributed by atoms with van der Waals surface area (Å²) in [6.45, 7) is 11.2. The molecule has 2 aromatic carbocycles. The number of carbonyl (C=O) groups is 6. The summed E-state index contributed by atoms with van der Waals surface area (Å²) in [5.74, 6) is -5.82. The molecule has 2 rings (SSSR count). The van der Waals surface area contributed by atoms with Crippen LogP contribution in [0.3, 0.4) is 0 Å². The van der Waals surface area contributed by atoms with Crippen molar-refractivity contribution in [3.8, 4) is 11.5 Å². The molecule has 21 heteroatoms. The van der Waals surface area contributed by atoms with Gasteiger partial charge in [-0.05, 0) is 82.0 Å². The van der Waals surface area contributed by atoms with Gasteiger partial charge in [-0.2, -0.15) is 0 Å². The summed E-state index contributed by atoms with van der Waals surface area (Å²) in [5, 5.41) is 51.2. The highest BCUT2D eigenvalue weighted by Crippen LogP contribution is 2.21. The van der Waals surface area contributed by atoms with Gasteiger partial charge in [0.25, 0.3) is 0 Å². The minimum Gasteiger partial charge on any atom is -0.508 e. The van der Waals surface area contributed by atoms with E-state index >= 15 is 0 Å². The number of hydrogen-bond donors (Lipinski definition) is 10. The second kappa shape index (κ2) is 21.5. The predicted molar refractivity (Wildman–Crippen MR) is 215 cm³/mol. The van der Waals surface area contributed by atoms with E-state index in [1.165, 1.54) is 55.5 Å². The lowest BCUT2D eigenvalue weighted by Crippen LogP contribution is -2.57. The van der Waals surface area contributed by atoms with Crippen LogP contribution in [0.1, 0.15) is 63.7 Å². The minimum atomic E-state index is -3.62. The number of ether oxygens (including phenoxy) is 1. The SMILES string of the molecule is C[C@@H](O)[C@@H](NC(=O)[C@@H](NC(=O)[C@@H](CCCNS(=O)(=O)CC[Si](C)(C)C)NC(=O)OC(C)(C)C)c1ccc(O)cc1)C(=O)N[C@H](C(=O)NCC(=O)O)c1ccc(O)cc1. The monoisotopic (exact) mass is 852 g/mol. The first kappa shape index (κ1) is 48.9. The molecule has 0 bridgehead atoms. The van der Waals surface area contributed by atoms with Crippen LogP contribution in [0.4, 0.5) is 4.79 Å². The van der Waals surface area contributed by atoms with Crippen LogP contribution in [0, 0.1) is 0 Å². The smallest absolute Gasteiger partial charge is 0.408 e. The number of alkyl carbamates (subject to hydrolysis) is 1. The summed E-state index contributed by atoms with van der Waals surface area (Å²) in [4.78, 5) is 78.5. The van der Waals surface area contributed by atoms with E-state index < -0.39 is 96.2 Å². The Bertz CT molecular complexity index is 1850. The molecule has 19 nitrogen and oxygen atoms in total. The molecule has 0 heterocycles. The standard InChI is InChI=1S/C37H56N6O13SSi/c1-22(44)29(34(51)43-30(33(50)38-21-28(47)48)23-10-14-25(45)15-11-23)41-35(52)31(24-12-16-26(46)17-13-24)42-32(49)27(40-36(53)56-37(2,3)4)9-8-18-39-57(54,55)19-20-58(5,6)7/h10-17,22,27,29-31,39,44-46H,8-9,18-21H2,1-7H3,(H,38,50)(H,40,53)(H,41,52)(H,42,49)(H,43,51)(H,47,48)/t22-,27-,29-,30+,31+/m1/s1. The molecule has 0 unspecified atom stereocenters. The van der Waals surface area contributed by atoms with Crippen LogP contribution in [0.5, 0.6) is 11.5 Å². The number of aliphatic carboxylic acids is 1. The quantitative estimate of drug-likeness (QED) is 0.0623. The summed E-state index contributed by atoms with van der Waals surface area (Å²) < 4.78 is 33.0. The summed E-state index contributed by atoms with van der Waals surface area (Å²) in [7, 11) is -5.28. The van der Waals surface area contributed by atoms with Crippen molar-refractivity contribution < 1.29 is 62.3 Å². The lowest BCUT2D eigenvalue weighted by Gasteiger charge is -2.28. The molecule has 0 aromatic heterocycles. The van der Waals surface area contributed by atoms with Gasteiger partial charge in [0.05, 0.1) is 11.9 Å². The Morgan fingerprint density at radius 2 is 1.26 bits per heavy atom. The first-order chi connectivity index (χ1) is 26.8. The van der Waals surface area contributed by atoms with Crippen molar-refractivity contribution in [2.45, 2.75) is 102 Å². The molecule has 0 aliphatic carbocycles. The number of phenols is 2. The fraction of sp³-hybridized carbons (Fsp3) is 0.514.